The van der Waals surface area contributed by atoms with Gasteiger partial charge in [0.25, 0.3) is 0 Å². The van der Waals surface area contributed by atoms with E-state index >= 15 is 0 Å². The van der Waals surface area contributed by atoms with Crippen molar-refractivity contribution in [2.24, 2.45) is 11.5 Å². The molecular weight excluding hydrogens is 146 g/mol. The number of carbonyl (C=O) groups is 2. The summed E-state index contributed by atoms with van der Waals surface area (Å²) in [5.74, 6) is -0.949. The van der Waals surface area contributed by atoms with Gasteiger partial charge in [-0.1, -0.05) is 0 Å². The number of rotatable bonds is 3. The zero-order valence-corrected chi connectivity index (χ0v) is 6.63. The van der Waals surface area contributed by atoms with E-state index in [2.05, 4.69) is 5.32 Å². The molecule has 0 aromatic carbocycles. The first-order chi connectivity index (χ1) is 4.95. The lowest BCUT2D eigenvalue weighted by molar-refractivity contribution is -0.127. The Labute approximate surface area is 65.1 Å². The Morgan fingerprint density at radius 3 is 2.09 bits per heavy atom. The molecule has 0 aliphatic heterocycles. The first-order valence-corrected chi connectivity index (χ1v) is 3.30. The topological polar surface area (TPSA) is 98.2 Å². The van der Waals surface area contributed by atoms with E-state index in [1.165, 1.54) is 13.8 Å². The fourth-order valence-corrected chi connectivity index (χ4v) is 0.416. The van der Waals surface area contributed by atoms with Gasteiger partial charge in [-0.25, -0.2) is 0 Å². The molecule has 64 valence electrons. The van der Waals surface area contributed by atoms with Crippen LogP contribution in [0.2, 0.25) is 0 Å². The highest BCUT2D eigenvalue weighted by Crippen LogP contribution is 1.81. The zero-order valence-electron chi connectivity index (χ0n) is 6.63. The number of carbonyl (C=O) groups excluding carboxylic acids is 2. The maximum absolute atomic E-state index is 10.8. The molecule has 0 aromatic rings. The van der Waals surface area contributed by atoms with Crippen LogP contribution >= 0.6 is 0 Å². The van der Waals surface area contributed by atoms with Crippen molar-refractivity contribution in [1.29, 1.82) is 0 Å². The molecule has 0 aliphatic carbocycles. The predicted molar refractivity (Wildman–Crippen MR) is 40.4 cm³/mol. The normalized spacial score (nSPS) is 15.2. The molecule has 0 radical (unpaired) electrons. The van der Waals surface area contributed by atoms with E-state index in [9.17, 15) is 9.59 Å². The number of hydrogen-bond donors (Lipinski definition) is 3. The van der Waals surface area contributed by atoms with E-state index in [0.29, 0.717) is 0 Å². The molecule has 1 unspecified atom stereocenters. The van der Waals surface area contributed by atoms with Gasteiger partial charge in [0, 0.05) is 0 Å². The summed E-state index contributed by atoms with van der Waals surface area (Å²) in [6.07, 6.45) is 0. The zero-order chi connectivity index (χ0) is 9.02. The van der Waals surface area contributed by atoms with E-state index in [1.807, 2.05) is 0 Å². The summed E-state index contributed by atoms with van der Waals surface area (Å²) in [6, 6.07) is -1.27. The summed E-state index contributed by atoms with van der Waals surface area (Å²) in [7, 11) is 0. The van der Waals surface area contributed by atoms with Crippen molar-refractivity contribution < 1.29 is 9.59 Å². The molecular formula is C6H13N3O2. The van der Waals surface area contributed by atoms with Gasteiger partial charge in [-0.3, -0.25) is 9.59 Å². The highest BCUT2D eigenvalue weighted by molar-refractivity contribution is 5.88. The van der Waals surface area contributed by atoms with Crippen molar-refractivity contribution in [3.05, 3.63) is 0 Å². The van der Waals surface area contributed by atoms with Gasteiger partial charge in [0.05, 0.1) is 6.04 Å². The first-order valence-electron chi connectivity index (χ1n) is 3.30. The monoisotopic (exact) mass is 159 g/mol. The van der Waals surface area contributed by atoms with E-state index in [0.717, 1.165) is 0 Å². The summed E-state index contributed by atoms with van der Waals surface area (Å²) in [4.78, 5) is 21.2. The van der Waals surface area contributed by atoms with E-state index in [4.69, 9.17) is 11.5 Å². The van der Waals surface area contributed by atoms with Gasteiger partial charge < -0.3 is 16.8 Å². The van der Waals surface area contributed by atoms with Crippen LogP contribution < -0.4 is 16.8 Å². The second-order valence-electron chi connectivity index (χ2n) is 2.42. The highest BCUT2D eigenvalue weighted by Gasteiger charge is 2.14. The Balaban J connectivity index is 3.85. The van der Waals surface area contributed by atoms with Crippen LogP contribution in [0.1, 0.15) is 13.8 Å². The Hall–Kier alpha value is -1.10. The lowest BCUT2D eigenvalue weighted by Crippen LogP contribution is -2.47. The molecule has 0 bridgehead atoms. The quantitative estimate of drug-likeness (QED) is 0.459. The van der Waals surface area contributed by atoms with Gasteiger partial charge in [-0.2, -0.15) is 0 Å². The van der Waals surface area contributed by atoms with Crippen molar-refractivity contribution in [1.82, 2.24) is 5.32 Å². The number of nitrogens with one attached hydrogen (secondary N) is 1. The Kier molecular flexibility index (Phi) is 3.53. The van der Waals surface area contributed by atoms with Crippen molar-refractivity contribution in [3.8, 4) is 0 Å². The second kappa shape index (κ2) is 3.92. The fraction of sp³-hybridized carbons (Fsp3) is 0.667. The van der Waals surface area contributed by atoms with Crippen LogP contribution in [-0.2, 0) is 9.59 Å². The number of primary amides is 1. The molecule has 0 aromatic heterocycles. The molecule has 0 saturated carbocycles. The first kappa shape index (κ1) is 9.90. The number of hydrogen-bond acceptors (Lipinski definition) is 3. The molecule has 5 N–H and O–H groups in total. The van der Waals surface area contributed by atoms with Gasteiger partial charge in [-0.15, -0.1) is 0 Å². The van der Waals surface area contributed by atoms with Crippen molar-refractivity contribution in [2.75, 3.05) is 0 Å². The van der Waals surface area contributed by atoms with Crippen LogP contribution in [0.5, 0.6) is 0 Å². The van der Waals surface area contributed by atoms with Gasteiger partial charge in [0.1, 0.15) is 6.04 Å². The standard InChI is InChI=1S/C6H13N3O2/c1-3(7)6(11)9-4(2)5(8)10/h3-4H,7H2,1-2H3,(H2,8,10)(H,9,11)/t3-,4?/m0/s1. The average Bonchev–Trinajstić information content (AvgIpc) is 1.87. The predicted octanol–water partition coefficient (Wildman–Crippen LogP) is -1.68. The molecule has 2 atom stereocenters. The molecule has 5 nitrogen and oxygen atoms in total. The van der Waals surface area contributed by atoms with Gasteiger partial charge >= 0.3 is 0 Å². The summed E-state index contributed by atoms with van der Waals surface area (Å²) in [6.45, 7) is 3.03. The fourth-order valence-electron chi connectivity index (χ4n) is 0.416. The third-order valence-corrected chi connectivity index (χ3v) is 1.20. The third kappa shape index (κ3) is 3.57. The molecule has 0 rings (SSSR count). The molecule has 5 heteroatoms. The van der Waals surface area contributed by atoms with Crippen molar-refractivity contribution >= 4 is 11.8 Å². The summed E-state index contributed by atoms with van der Waals surface area (Å²) in [5.41, 5.74) is 10.1. The molecule has 0 aliphatic rings. The lowest BCUT2D eigenvalue weighted by atomic mass is 10.3. The third-order valence-electron chi connectivity index (χ3n) is 1.20. The minimum absolute atomic E-state index is 0.378. The van der Waals surface area contributed by atoms with Gasteiger partial charge in [-0.05, 0) is 13.8 Å². The van der Waals surface area contributed by atoms with E-state index in [-0.39, 0.29) is 5.91 Å². The minimum Gasteiger partial charge on any atom is -0.368 e. The van der Waals surface area contributed by atoms with Crippen LogP contribution in [0.15, 0.2) is 0 Å². The summed E-state index contributed by atoms with van der Waals surface area (Å²) < 4.78 is 0. The Morgan fingerprint density at radius 1 is 1.36 bits per heavy atom. The van der Waals surface area contributed by atoms with Crippen molar-refractivity contribution in [3.63, 3.8) is 0 Å². The molecule has 11 heavy (non-hydrogen) atoms. The maximum Gasteiger partial charge on any atom is 0.239 e. The van der Waals surface area contributed by atoms with E-state index < -0.39 is 18.0 Å². The lowest BCUT2D eigenvalue weighted by Gasteiger charge is -2.11. The molecule has 0 saturated heterocycles. The smallest absolute Gasteiger partial charge is 0.239 e. The largest absolute Gasteiger partial charge is 0.368 e. The van der Waals surface area contributed by atoms with Gasteiger partial charge in [0.2, 0.25) is 11.8 Å². The number of amides is 2. The Bertz CT molecular complexity index is 167. The molecule has 0 fully saturated rings. The molecule has 2 amide bonds. The summed E-state index contributed by atoms with van der Waals surface area (Å²) >= 11 is 0. The van der Waals surface area contributed by atoms with Crippen LogP contribution in [0.3, 0.4) is 0 Å². The van der Waals surface area contributed by atoms with E-state index in [1.54, 1.807) is 0 Å². The van der Waals surface area contributed by atoms with Crippen LogP contribution in [0.4, 0.5) is 0 Å². The second-order valence-corrected chi connectivity index (χ2v) is 2.42. The molecule has 0 spiro atoms. The summed E-state index contributed by atoms with van der Waals surface area (Å²) in [5, 5.41) is 2.34. The SMILES string of the molecule is CC(NC(=O)[C@H](C)N)C(N)=O. The minimum atomic E-state index is -0.659. The number of nitrogens with two attached hydrogens (primary N) is 2. The van der Waals surface area contributed by atoms with Crippen LogP contribution in [-0.4, -0.2) is 23.9 Å². The maximum atomic E-state index is 10.8. The van der Waals surface area contributed by atoms with Crippen molar-refractivity contribution in [2.45, 2.75) is 25.9 Å². The molecule has 0 heterocycles. The van der Waals surface area contributed by atoms with Crippen LogP contribution in [0, 0.1) is 0 Å². The van der Waals surface area contributed by atoms with Gasteiger partial charge in [0.15, 0.2) is 0 Å². The Morgan fingerprint density at radius 2 is 1.82 bits per heavy atom. The average molecular weight is 159 g/mol. The van der Waals surface area contributed by atoms with Crippen LogP contribution in [0.25, 0.3) is 0 Å². The highest BCUT2D eigenvalue weighted by atomic mass is 16.2.